The van der Waals surface area contributed by atoms with Crippen LogP contribution in [0.3, 0.4) is 0 Å². The molecule has 1 aliphatic rings. The predicted molar refractivity (Wildman–Crippen MR) is 89.6 cm³/mol. The fourth-order valence-electron chi connectivity index (χ4n) is 2.91. The van der Waals surface area contributed by atoms with Gasteiger partial charge < -0.3 is 10.6 Å². The molecule has 0 radical (unpaired) electrons. The van der Waals surface area contributed by atoms with Crippen LogP contribution >= 0.6 is 15.9 Å². The van der Waals surface area contributed by atoms with Gasteiger partial charge >= 0.3 is 0 Å². The average Bonchev–Trinajstić information content (AvgIpc) is 2.42. The van der Waals surface area contributed by atoms with E-state index in [0.29, 0.717) is 5.92 Å². The molecule has 1 atom stereocenters. The van der Waals surface area contributed by atoms with E-state index >= 15 is 0 Å². The van der Waals surface area contributed by atoms with Crippen LogP contribution in [0.2, 0.25) is 0 Å². The first-order valence-corrected chi connectivity index (χ1v) is 7.76. The molecule has 0 aliphatic carbocycles. The molecular weight excluding hydrogens is 312 g/mol. The molecule has 0 saturated carbocycles. The molecule has 0 fully saturated rings. The predicted octanol–water partition coefficient (Wildman–Crippen LogP) is 4.67. The molecule has 104 valence electrons. The van der Waals surface area contributed by atoms with Gasteiger partial charge in [-0.25, -0.2) is 0 Å². The number of nitrogens with two attached hydrogens (primary N) is 1. The van der Waals surface area contributed by atoms with E-state index in [1.807, 2.05) is 6.07 Å². The van der Waals surface area contributed by atoms with E-state index in [1.165, 1.54) is 16.9 Å². The van der Waals surface area contributed by atoms with E-state index in [0.717, 1.165) is 28.7 Å². The van der Waals surface area contributed by atoms with Crippen molar-refractivity contribution in [3.05, 3.63) is 52.0 Å². The van der Waals surface area contributed by atoms with Crippen molar-refractivity contribution in [2.45, 2.75) is 20.3 Å². The molecule has 0 amide bonds. The number of nitrogen functional groups attached to an aromatic ring is 1. The summed E-state index contributed by atoms with van der Waals surface area (Å²) in [6.45, 7) is 5.41. The fraction of sp³-hybridized carbons (Fsp3) is 0.294. The Hall–Kier alpha value is -1.48. The third-order valence-corrected chi connectivity index (χ3v) is 4.61. The largest absolute Gasteiger partial charge is 0.398 e. The van der Waals surface area contributed by atoms with E-state index < -0.39 is 0 Å². The quantitative estimate of drug-likeness (QED) is 0.770. The number of fused-ring (bicyclic) bond motifs is 1. The Kier molecular flexibility index (Phi) is 3.47. The number of hydrogen-bond acceptors (Lipinski definition) is 2. The zero-order valence-electron chi connectivity index (χ0n) is 11.9. The highest BCUT2D eigenvalue weighted by Gasteiger charge is 2.24. The van der Waals surface area contributed by atoms with Gasteiger partial charge in [-0.3, -0.25) is 0 Å². The van der Waals surface area contributed by atoms with Gasteiger partial charge in [-0.2, -0.15) is 0 Å². The lowest BCUT2D eigenvalue weighted by Crippen LogP contribution is -2.30. The van der Waals surface area contributed by atoms with Crippen LogP contribution in [0.1, 0.15) is 18.1 Å². The Morgan fingerprint density at radius 1 is 1.20 bits per heavy atom. The summed E-state index contributed by atoms with van der Waals surface area (Å²) in [4.78, 5) is 2.40. The fourth-order valence-corrected chi connectivity index (χ4v) is 3.49. The van der Waals surface area contributed by atoms with Crippen LogP contribution in [0.4, 0.5) is 17.1 Å². The molecule has 1 unspecified atom stereocenters. The van der Waals surface area contributed by atoms with Crippen molar-refractivity contribution >= 4 is 33.0 Å². The van der Waals surface area contributed by atoms with Crippen LogP contribution in [-0.2, 0) is 6.42 Å². The van der Waals surface area contributed by atoms with Gasteiger partial charge in [0.1, 0.15) is 0 Å². The van der Waals surface area contributed by atoms with E-state index in [4.69, 9.17) is 5.73 Å². The van der Waals surface area contributed by atoms with Gasteiger partial charge in [-0.05, 0) is 64.5 Å². The molecule has 0 saturated heterocycles. The first-order valence-electron chi connectivity index (χ1n) is 6.97. The number of para-hydroxylation sites is 1. The molecule has 0 aromatic heterocycles. The highest BCUT2D eigenvalue weighted by molar-refractivity contribution is 9.10. The number of anilines is 3. The average molecular weight is 331 g/mol. The van der Waals surface area contributed by atoms with Crippen LogP contribution in [0.5, 0.6) is 0 Å². The summed E-state index contributed by atoms with van der Waals surface area (Å²) in [6.07, 6.45) is 1.15. The van der Waals surface area contributed by atoms with Crippen LogP contribution in [0.15, 0.2) is 40.9 Å². The minimum absolute atomic E-state index is 0.648. The lowest BCUT2D eigenvalue weighted by atomic mass is 9.93. The molecular formula is C17H19BrN2. The minimum atomic E-state index is 0.648. The maximum Gasteiger partial charge on any atom is 0.0559 e. The normalized spacial score (nSPS) is 17.9. The molecule has 2 nitrogen and oxygen atoms in total. The lowest BCUT2D eigenvalue weighted by Gasteiger charge is -2.35. The SMILES string of the molecule is Cc1cc(N2CC(C)Cc3ccccc32)c(Br)cc1N. The molecule has 3 heteroatoms. The van der Waals surface area contributed by atoms with Gasteiger partial charge in [0.15, 0.2) is 0 Å². The zero-order valence-corrected chi connectivity index (χ0v) is 13.4. The lowest BCUT2D eigenvalue weighted by molar-refractivity contribution is 0.562. The Balaban J connectivity index is 2.13. The molecule has 0 bridgehead atoms. The summed E-state index contributed by atoms with van der Waals surface area (Å²) in [5, 5.41) is 0. The maximum atomic E-state index is 5.99. The van der Waals surface area contributed by atoms with Crippen molar-refractivity contribution in [2.24, 2.45) is 5.92 Å². The van der Waals surface area contributed by atoms with Crippen molar-refractivity contribution in [1.29, 1.82) is 0 Å². The number of nitrogens with zero attached hydrogens (tertiary/aromatic N) is 1. The molecule has 1 aliphatic heterocycles. The molecule has 2 aromatic carbocycles. The van der Waals surface area contributed by atoms with Crippen molar-refractivity contribution < 1.29 is 0 Å². The summed E-state index contributed by atoms with van der Waals surface area (Å²) >= 11 is 3.67. The number of halogens is 1. The van der Waals surface area contributed by atoms with Gasteiger partial charge in [-0.1, -0.05) is 25.1 Å². The van der Waals surface area contributed by atoms with Crippen LogP contribution in [0.25, 0.3) is 0 Å². The molecule has 20 heavy (non-hydrogen) atoms. The second kappa shape index (κ2) is 5.13. The van der Waals surface area contributed by atoms with Crippen LogP contribution in [0, 0.1) is 12.8 Å². The summed E-state index contributed by atoms with van der Waals surface area (Å²) in [7, 11) is 0. The molecule has 0 spiro atoms. The monoisotopic (exact) mass is 330 g/mol. The summed E-state index contributed by atoms with van der Waals surface area (Å²) < 4.78 is 1.06. The van der Waals surface area contributed by atoms with Gasteiger partial charge in [0.2, 0.25) is 0 Å². The first kappa shape index (κ1) is 13.5. The Labute approximate surface area is 128 Å². The Morgan fingerprint density at radius 3 is 2.75 bits per heavy atom. The third-order valence-electron chi connectivity index (χ3n) is 3.97. The van der Waals surface area contributed by atoms with Gasteiger partial charge in [-0.15, -0.1) is 0 Å². The van der Waals surface area contributed by atoms with Crippen LogP contribution in [-0.4, -0.2) is 6.54 Å². The summed E-state index contributed by atoms with van der Waals surface area (Å²) in [5.41, 5.74) is 11.9. The Bertz CT molecular complexity index is 651. The van der Waals surface area contributed by atoms with Crippen molar-refractivity contribution in [2.75, 3.05) is 17.2 Å². The molecule has 2 N–H and O–H groups in total. The second-order valence-electron chi connectivity index (χ2n) is 5.71. The summed E-state index contributed by atoms with van der Waals surface area (Å²) in [6, 6.07) is 12.9. The first-order chi connectivity index (χ1) is 9.56. The highest BCUT2D eigenvalue weighted by Crippen LogP contribution is 2.40. The molecule has 1 heterocycles. The minimum Gasteiger partial charge on any atom is -0.398 e. The van der Waals surface area contributed by atoms with E-state index in [2.05, 4.69) is 65.0 Å². The van der Waals surface area contributed by atoms with Crippen LogP contribution < -0.4 is 10.6 Å². The maximum absolute atomic E-state index is 5.99. The third kappa shape index (κ3) is 2.31. The number of aryl methyl sites for hydroxylation is 1. The van der Waals surface area contributed by atoms with E-state index in [1.54, 1.807) is 0 Å². The number of benzene rings is 2. The summed E-state index contributed by atoms with van der Waals surface area (Å²) in [5.74, 6) is 0.648. The van der Waals surface area contributed by atoms with E-state index in [9.17, 15) is 0 Å². The number of rotatable bonds is 1. The molecule has 3 rings (SSSR count). The van der Waals surface area contributed by atoms with Crippen molar-refractivity contribution in [3.63, 3.8) is 0 Å². The number of hydrogen-bond donors (Lipinski definition) is 1. The van der Waals surface area contributed by atoms with Gasteiger partial charge in [0.05, 0.1) is 5.69 Å². The van der Waals surface area contributed by atoms with Crippen molar-refractivity contribution in [3.8, 4) is 0 Å². The topological polar surface area (TPSA) is 29.3 Å². The standard InChI is InChI=1S/C17H19BrN2/c1-11-7-13-5-3-4-6-16(13)20(10-11)17-8-12(2)15(19)9-14(17)18/h3-6,8-9,11H,7,10,19H2,1-2H3. The smallest absolute Gasteiger partial charge is 0.0559 e. The van der Waals surface area contributed by atoms with Crippen molar-refractivity contribution in [1.82, 2.24) is 0 Å². The zero-order chi connectivity index (χ0) is 14.3. The highest BCUT2D eigenvalue weighted by atomic mass is 79.9. The van der Waals surface area contributed by atoms with Gasteiger partial charge in [0, 0.05) is 22.4 Å². The Morgan fingerprint density at radius 2 is 1.95 bits per heavy atom. The molecule has 2 aromatic rings. The van der Waals surface area contributed by atoms with E-state index in [-0.39, 0.29) is 0 Å². The van der Waals surface area contributed by atoms with Gasteiger partial charge in [0.25, 0.3) is 0 Å². The second-order valence-corrected chi connectivity index (χ2v) is 6.56.